The Hall–Kier alpha value is -3.23. The van der Waals surface area contributed by atoms with Gasteiger partial charge in [-0.05, 0) is 37.2 Å². The summed E-state index contributed by atoms with van der Waals surface area (Å²) in [5.74, 6) is -0.676. The fourth-order valence-corrected chi connectivity index (χ4v) is 3.58. The van der Waals surface area contributed by atoms with E-state index in [1.807, 2.05) is 6.92 Å². The second kappa shape index (κ2) is 20.7. The summed E-state index contributed by atoms with van der Waals surface area (Å²) in [7, 11) is 1.73. The summed E-state index contributed by atoms with van der Waals surface area (Å²) in [6, 6.07) is 4.37. The van der Waals surface area contributed by atoms with Gasteiger partial charge >= 0.3 is 0 Å². The van der Waals surface area contributed by atoms with Gasteiger partial charge in [0.15, 0.2) is 0 Å². The Morgan fingerprint density at radius 2 is 1.72 bits per heavy atom. The maximum Gasteiger partial charge on any atom is 0.243 e. The molecular weight excluding hydrogens is 512 g/mol. The predicted molar refractivity (Wildman–Crippen MR) is 142 cm³/mol. The van der Waals surface area contributed by atoms with Gasteiger partial charge in [0.25, 0.3) is 0 Å². The van der Waals surface area contributed by atoms with Crippen LogP contribution in [0.15, 0.2) is 18.2 Å². The number of hydrogen-bond donors (Lipinski definition) is 4. The zero-order chi connectivity index (χ0) is 28.9. The number of rotatable bonds is 23. The molecule has 39 heavy (non-hydrogen) atoms. The second-order valence-electron chi connectivity index (χ2n) is 8.66. The summed E-state index contributed by atoms with van der Waals surface area (Å²) in [6.45, 7) is 3.80. The molecule has 4 amide bonds. The van der Waals surface area contributed by atoms with E-state index in [0.717, 1.165) is 6.42 Å². The van der Waals surface area contributed by atoms with E-state index in [4.69, 9.17) is 14.2 Å². The third-order valence-corrected chi connectivity index (χ3v) is 5.54. The average molecular weight is 553 g/mol. The number of anilines is 1. The van der Waals surface area contributed by atoms with Crippen molar-refractivity contribution in [2.75, 3.05) is 58.6 Å². The molecular formula is C26H40N4O9. The molecule has 218 valence electrons. The van der Waals surface area contributed by atoms with Crippen molar-refractivity contribution in [2.45, 2.75) is 44.9 Å². The molecule has 2 atom stereocenters. The quantitative estimate of drug-likeness (QED) is 0.106. The molecule has 0 radical (unpaired) electrons. The highest BCUT2D eigenvalue weighted by atomic mass is 16.5. The lowest BCUT2D eigenvalue weighted by atomic mass is 10.0. The van der Waals surface area contributed by atoms with Gasteiger partial charge in [-0.1, -0.05) is 13.3 Å². The minimum absolute atomic E-state index is 0.0871. The number of aldehydes is 1. The summed E-state index contributed by atoms with van der Waals surface area (Å²) < 4.78 is 16.0. The number of carbonyl (C=O) groups is 5. The van der Waals surface area contributed by atoms with Crippen molar-refractivity contribution in [1.29, 1.82) is 0 Å². The molecule has 13 heteroatoms. The summed E-state index contributed by atoms with van der Waals surface area (Å²) in [4.78, 5) is 58.7. The predicted octanol–water partition coefficient (Wildman–Crippen LogP) is -0.142. The van der Waals surface area contributed by atoms with E-state index in [2.05, 4.69) is 16.0 Å². The van der Waals surface area contributed by atoms with Crippen molar-refractivity contribution in [2.24, 2.45) is 0 Å². The molecule has 0 spiro atoms. The lowest BCUT2D eigenvalue weighted by Gasteiger charge is -2.26. The standard InChI is InChI=1S/C26H40N4O9/c1-3-4-24(26(36)28-19-33)30(2)15-21-13-22(6-5-20(21)16-31)29-25(35)7-8-37-9-10-38-11-12-39-17-23(34)14-27-18-32/h5-6,13,16,18-19,23-24,34H,3-4,7-12,14-15,17H2,1-2H3,(H,27,32)(H,29,35)(H,28,33,36). The Kier molecular flexibility index (Phi) is 17.9. The molecule has 1 rings (SSSR count). The van der Waals surface area contributed by atoms with Gasteiger partial charge in [0, 0.05) is 24.3 Å². The van der Waals surface area contributed by atoms with Crippen LogP contribution in [0.3, 0.4) is 0 Å². The monoisotopic (exact) mass is 552 g/mol. The first-order valence-corrected chi connectivity index (χ1v) is 12.8. The highest BCUT2D eigenvalue weighted by Crippen LogP contribution is 2.19. The summed E-state index contributed by atoms with van der Waals surface area (Å²) in [6.07, 6.45) is 2.18. The maximum atomic E-state index is 12.3. The molecule has 1 aromatic carbocycles. The summed E-state index contributed by atoms with van der Waals surface area (Å²) in [5.41, 5.74) is 1.58. The molecule has 0 fully saturated rings. The van der Waals surface area contributed by atoms with Crippen molar-refractivity contribution in [3.05, 3.63) is 29.3 Å². The third-order valence-electron chi connectivity index (χ3n) is 5.54. The lowest BCUT2D eigenvalue weighted by Crippen LogP contribution is -2.44. The van der Waals surface area contributed by atoms with Crippen LogP contribution < -0.4 is 16.0 Å². The zero-order valence-corrected chi connectivity index (χ0v) is 22.6. The first kappa shape index (κ1) is 33.8. The smallest absolute Gasteiger partial charge is 0.243 e. The van der Waals surface area contributed by atoms with Crippen LogP contribution in [0.2, 0.25) is 0 Å². The van der Waals surface area contributed by atoms with E-state index >= 15 is 0 Å². The van der Waals surface area contributed by atoms with Crippen LogP contribution in [-0.2, 0) is 39.9 Å². The Balaban J connectivity index is 2.40. The minimum Gasteiger partial charge on any atom is -0.389 e. The Bertz CT molecular complexity index is 900. The molecule has 0 aliphatic carbocycles. The maximum absolute atomic E-state index is 12.3. The normalized spacial score (nSPS) is 12.4. The average Bonchev–Trinajstić information content (AvgIpc) is 2.91. The van der Waals surface area contributed by atoms with Crippen LogP contribution in [0.4, 0.5) is 5.69 Å². The van der Waals surface area contributed by atoms with Crippen LogP contribution in [0.1, 0.15) is 42.1 Å². The molecule has 0 saturated carbocycles. The topological polar surface area (TPSA) is 173 Å². The first-order valence-electron chi connectivity index (χ1n) is 12.8. The first-order chi connectivity index (χ1) is 18.9. The van der Waals surface area contributed by atoms with Gasteiger partial charge < -0.3 is 30.0 Å². The number of ether oxygens (including phenoxy) is 3. The Labute approximate surface area is 228 Å². The van der Waals surface area contributed by atoms with Crippen molar-refractivity contribution in [3.63, 3.8) is 0 Å². The number of aliphatic hydroxyl groups is 1. The van der Waals surface area contributed by atoms with E-state index in [9.17, 15) is 29.1 Å². The molecule has 0 aliphatic rings. The molecule has 0 heterocycles. The molecule has 1 aromatic rings. The number of nitrogens with zero attached hydrogens (tertiary/aromatic N) is 1. The molecule has 13 nitrogen and oxygen atoms in total. The number of carbonyl (C=O) groups excluding carboxylic acids is 5. The van der Waals surface area contributed by atoms with Gasteiger partial charge in [-0.3, -0.25) is 34.2 Å². The van der Waals surface area contributed by atoms with Gasteiger partial charge in [-0.15, -0.1) is 0 Å². The van der Waals surface area contributed by atoms with Crippen molar-refractivity contribution in [3.8, 4) is 0 Å². The van der Waals surface area contributed by atoms with E-state index < -0.39 is 18.1 Å². The van der Waals surface area contributed by atoms with Crippen LogP contribution in [0.5, 0.6) is 0 Å². The SMILES string of the molecule is CCCC(C(=O)NC=O)N(C)Cc1cc(NC(=O)CCOCCOCCOCC(O)CNC=O)ccc1C=O. The van der Waals surface area contributed by atoms with Crippen LogP contribution in [0, 0.1) is 0 Å². The molecule has 0 saturated heterocycles. The Morgan fingerprint density at radius 1 is 1.03 bits per heavy atom. The lowest BCUT2D eigenvalue weighted by molar-refractivity contribution is -0.129. The molecule has 0 aromatic heterocycles. The highest BCUT2D eigenvalue weighted by Gasteiger charge is 2.23. The van der Waals surface area contributed by atoms with E-state index in [0.29, 0.717) is 62.2 Å². The largest absolute Gasteiger partial charge is 0.389 e. The van der Waals surface area contributed by atoms with E-state index in [-0.39, 0.29) is 45.2 Å². The fourth-order valence-electron chi connectivity index (χ4n) is 3.58. The van der Waals surface area contributed by atoms with Gasteiger partial charge in [-0.25, -0.2) is 0 Å². The molecule has 0 aliphatic heterocycles. The zero-order valence-electron chi connectivity index (χ0n) is 22.6. The number of nitrogens with one attached hydrogen (secondary N) is 3. The third kappa shape index (κ3) is 14.5. The van der Waals surface area contributed by atoms with Crippen molar-refractivity contribution < 1.29 is 43.3 Å². The number of imide groups is 1. The number of likely N-dealkylation sites (N-methyl/N-ethyl adjacent to an activating group) is 1. The Morgan fingerprint density at radius 3 is 2.36 bits per heavy atom. The molecule has 2 unspecified atom stereocenters. The van der Waals surface area contributed by atoms with Crippen LogP contribution in [0.25, 0.3) is 0 Å². The van der Waals surface area contributed by atoms with E-state index in [1.165, 1.54) is 0 Å². The highest BCUT2D eigenvalue weighted by molar-refractivity contribution is 5.92. The summed E-state index contributed by atoms with van der Waals surface area (Å²) >= 11 is 0. The number of benzene rings is 1. The molecule has 4 N–H and O–H groups in total. The number of aliphatic hydroxyl groups excluding tert-OH is 1. The van der Waals surface area contributed by atoms with E-state index in [1.54, 1.807) is 30.1 Å². The second-order valence-corrected chi connectivity index (χ2v) is 8.66. The van der Waals surface area contributed by atoms with Crippen molar-refractivity contribution in [1.82, 2.24) is 15.5 Å². The van der Waals surface area contributed by atoms with Gasteiger partial charge in [0.2, 0.25) is 24.6 Å². The van der Waals surface area contributed by atoms with Gasteiger partial charge in [0.1, 0.15) is 6.29 Å². The van der Waals surface area contributed by atoms with Crippen LogP contribution >= 0.6 is 0 Å². The number of amides is 4. The molecule has 0 bridgehead atoms. The van der Waals surface area contributed by atoms with Crippen molar-refractivity contribution >= 4 is 36.6 Å². The van der Waals surface area contributed by atoms with Gasteiger partial charge in [0.05, 0.1) is 58.2 Å². The minimum atomic E-state index is -0.777. The van der Waals surface area contributed by atoms with Gasteiger partial charge in [-0.2, -0.15) is 0 Å². The number of hydrogen-bond acceptors (Lipinski definition) is 10. The summed E-state index contributed by atoms with van der Waals surface area (Å²) in [5, 5.41) is 16.8. The van der Waals surface area contributed by atoms with Crippen LogP contribution in [-0.4, -0.2) is 106 Å². The fraction of sp³-hybridized carbons (Fsp3) is 0.577.